The topological polar surface area (TPSA) is 41.6 Å². The number of ether oxygens (including phenoxy) is 1. The number of nitrogens with one attached hydrogen (secondary N) is 1. The van der Waals surface area contributed by atoms with Gasteiger partial charge in [0.25, 0.3) is 5.91 Å². The van der Waals surface area contributed by atoms with Crippen LogP contribution in [0.2, 0.25) is 0 Å². The zero-order valence-electron chi connectivity index (χ0n) is 15.4. The average Bonchev–Trinajstić information content (AvgIpc) is 2.60. The third kappa shape index (κ3) is 5.52. The Morgan fingerprint density at radius 2 is 2.17 bits per heavy atom. The van der Waals surface area contributed by atoms with Crippen molar-refractivity contribution in [3.05, 3.63) is 29.8 Å². The Morgan fingerprint density at radius 3 is 2.92 bits per heavy atom. The lowest BCUT2D eigenvalue weighted by atomic mass is 10.00. The number of piperidine rings is 1. The Labute approximate surface area is 146 Å². The fourth-order valence-electron chi connectivity index (χ4n) is 3.39. The summed E-state index contributed by atoms with van der Waals surface area (Å²) < 4.78 is 5.77. The molecule has 0 radical (unpaired) electrons. The Kier molecular flexibility index (Phi) is 7.57. The van der Waals surface area contributed by atoms with Crippen LogP contribution in [0.1, 0.15) is 51.5 Å². The van der Waals surface area contributed by atoms with Gasteiger partial charge < -0.3 is 15.0 Å². The standard InChI is InChI=1S/C20H32N2O2/c1-4-18-11-7-8-14-22(18)15-9-13-21-20(23)17(3)24-19-12-6-5-10-16(19)2/h5-6,10,12,17-18H,4,7-9,11,13-15H2,1-3H3,(H,21,23). The van der Waals surface area contributed by atoms with Crippen molar-refractivity contribution < 1.29 is 9.53 Å². The maximum absolute atomic E-state index is 12.2. The van der Waals surface area contributed by atoms with Gasteiger partial charge in [-0.25, -0.2) is 0 Å². The van der Waals surface area contributed by atoms with Crippen LogP contribution in [0.25, 0.3) is 0 Å². The van der Waals surface area contributed by atoms with Crippen molar-refractivity contribution in [1.82, 2.24) is 10.2 Å². The molecule has 134 valence electrons. The summed E-state index contributed by atoms with van der Waals surface area (Å²) in [5.74, 6) is 0.739. The van der Waals surface area contributed by atoms with E-state index in [1.807, 2.05) is 31.2 Å². The first kappa shape index (κ1) is 18.8. The number of benzene rings is 1. The van der Waals surface area contributed by atoms with Gasteiger partial charge >= 0.3 is 0 Å². The summed E-state index contributed by atoms with van der Waals surface area (Å²) in [5, 5.41) is 3.00. The monoisotopic (exact) mass is 332 g/mol. The molecule has 1 aliphatic rings. The van der Waals surface area contributed by atoms with Gasteiger partial charge in [-0.15, -0.1) is 0 Å². The van der Waals surface area contributed by atoms with Crippen LogP contribution < -0.4 is 10.1 Å². The summed E-state index contributed by atoms with van der Waals surface area (Å²) in [6, 6.07) is 8.52. The van der Waals surface area contributed by atoms with E-state index in [-0.39, 0.29) is 5.91 Å². The SMILES string of the molecule is CCC1CCCCN1CCCNC(=O)C(C)Oc1ccccc1C. The lowest BCUT2D eigenvalue weighted by Crippen LogP contribution is -2.41. The molecule has 0 bridgehead atoms. The number of hydrogen-bond donors (Lipinski definition) is 1. The maximum Gasteiger partial charge on any atom is 0.260 e. The average molecular weight is 332 g/mol. The third-order valence-electron chi connectivity index (χ3n) is 4.91. The van der Waals surface area contributed by atoms with E-state index in [4.69, 9.17) is 4.74 Å². The molecule has 24 heavy (non-hydrogen) atoms. The van der Waals surface area contributed by atoms with Crippen molar-refractivity contribution in [1.29, 1.82) is 0 Å². The Hall–Kier alpha value is -1.55. The molecule has 0 aromatic heterocycles. The molecule has 1 N–H and O–H groups in total. The van der Waals surface area contributed by atoms with Crippen molar-refractivity contribution in [2.24, 2.45) is 0 Å². The summed E-state index contributed by atoms with van der Waals surface area (Å²) in [6.45, 7) is 9.07. The number of rotatable bonds is 8. The number of nitrogens with zero attached hydrogens (tertiary/aromatic N) is 1. The van der Waals surface area contributed by atoms with E-state index in [0.717, 1.165) is 30.3 Å². The minimum absolute atomic E-state index is 0.0380. The van der Waals surface area contributed by atoms with Gasteiger partial charge in [-0.05, 0) is 57.7 Å². The van der Waals surface area contributed by atoms with Crippen molar-refractivity contribution >= 4 is 5.91 Å². The Balaban J connectivity index is 1.68. The highest BCUT2D eigenvalue weighted by Gasteiger charge is 2.20. The molecule has 2 rings (SSSR count). The normalized spacial score (nSPS) is 19.7. The predicted molar refractivity (Wildman–Crippen MR) is 98.4 cm³/mol. The molecule has 1 fully saturated rings. The summed E-state index contributed by atoms with van der Waals surface area (Å²) >= 11 is 0. The van der Waals surface area contributed by atoms with E-state index in [1.54, 1.807) is 6.92 Å². The first-order valence-corrected chi connectivity index (χ1v) is 9.36. The van der Waals surface area contributed by atoms with Gasteiger partial charge in [0.1, 0.15) is 5.75 Å². The maximum atomic E-state index is 12.2. The van der Waals surface area contributed by atoms with Gasteiger partial charge in [0.2, 0.25) is 0 Å². The van der Waals surface area contributed by atoms with Gasteiger partial charge in [0, 0.05) is 19.1 Å². The largest absolute Gasteiger partial charge is 0.481 e. The molecule has 0 spiro atoms. The smallest absolute Gasteiger partial charge is 0.260 e. The van der Waals surface area contributed by atoms with Crippen LogP contribution in [0.3, 0.4) is 0 Å². The van der Waals surface area contributed by atoms with E-state index in [0.29, 0.717) is 6.54 Å². The van der Waals surface area contributed by atoms with Crippen LogP contribution >= 0.6 is 0 Å². The van der Waals surface area contributed by atoms with Crippen LogP contribution in [0, 0.1) is 6.92 Å². The third-order valence-corrected chi connectivity index (χ3v) is 4.91. The van der Waals surface area contributed by atoms with Crippen LogP contribution in [-0.4, -0.2) is 42.6 Å². The van der Waals surface area contributed by atoms with E-state index in [2.05, 4.69) is 17.1 Å². The number of likely N-dealkylation sites (tertiary alicyclic amines) is 1. The van der Waals surface area contributed by atoms with Gasteiger partial charge in [-0.2, -0.15) is 0 Å². The molecule has 0 aliphatic carbocycles. The van der Waals surface area contributed by atoms with E-state index < -0.39 is 6.10 Å². The number of carbonyl (C=O) groups is 1. The molecular weight excluding hydrogens is 300 g/mol. The molecule has 1 aliphatic heterocycles. The molecule has 4 nitrogen and oxygen atoms in total. The number of hydrogen-bond acceptors (Lipinski definition) is 3. The fourth-order valence-corrected chi connectivity index (χ4v) is 3.39. The van der Waals surface area contributed by atoms with Crippen molar-refractivity contribution in [3.8, 4) is 5.75 Å². The molecule has 2 unspecified atom stereocenters. The summed E-state index contributed by atoms with van der Waals surface area (Å²) in [7, 11) is 0. The predicted octanol–water partition coefficient (Wildman–Crippen LogP) is 3.53. The quantitative estimate of drug-likeness (QED) is 0.741. The van der Waals surface area contributed by atoms with Crippen LogP contribution in [0.5, 0.6) is 5.75 Å². The summed E-state index contributed by atoms with van der Waals surface area (Å²) in [5.41, 5.74) is 1.05. The fraction of sp³-hybridized carbons (Fsp3) is 0.650. The van der Waals surface area contributed by atoms with Crippen molar-refractivity contribution in [2.45, 2.75) is 65.0 Å². The van der Waals surface area contributed by atoms with Crippen molar-refractivity contribution in [2.75, 3.05) is 19.6 Å². The molecule has 1 aromatic carbocycles. The molecule has 0 saturated carbocycles. The molecule has 1 heterocycles. The van der Waals surface area contributed by atoms with Gasteiger partial charge in [0.05, 0.1) is 0 Å². The van der Waals surface area contributed by atoms with Crippen molar-refractivity contribution in [3.63, 3.8) is 0 Å². The molecule has 2 atom stereocenters. The van der Waals surface area contributed by atoms with Gasteiger partial charge in [-0.3, -0.25) is 4.79 Å². The van der Waals surface area contributed by atoms with E-state index in [1.165, 1.54) is 32.2 Å². The lowest BCUT2D eigenvalue weighted by Gasteiger charge is -2.35. The second-order valence-electron chi connectivity index (χ2n) is 6.76. The van der Waals surface area contributed by atoms with Crippen LogP contribution in [0.15, 0.2) is 24.3 Å². The zero-order chi connectivity index (χ0) is 17.4. The molecule has 4 heteroatoms. The highest BCUT2D eigenvalue weighted by atomic mass is 16.5. The lowest BCUT2D eigenvalue weighted by molar-refractivity contribution is -0.127. The highest BCUT2D eigenvalue weighted by molar-refractivity contribution is 5.80. The summed E-state index contributed by atoms with van der Waals surface area (Å²) in [6.07, 6.45) is 5.75. The van der Waals surface area contributed by atoms with E-state index >= 15 is 0 Å². The molecular formula is C20H32N2O2. The first-order chi connectivity index (χ1) is 11.6. The highest BCUT2D eigenvalue weighted by Crippen LogP contribution is 2.19. The van der Waals surface area contributed by atoms with E-state index in [9.17, 15) is 4.79 Å². The van der Waals surface area contributed by atoms with Gasteiger partial charge in [0.15, 0.2) is 6.10 Å². The first-order valence-electron chi connectivity index (χ1n) is 9.36. The second-order valence-corrected chi connectivity index (χ2v) is 6.76. The number of para-hydroxylation sites is 1. The molecule has 1 saturated heterocycles. The zero-order valence-corrected chi connectivity index (χ0v) is 15.4. The number of aryl methyl sites for hydroxylation is 1. The Morgan fingerprint density at radius 1 is 1.38 bits per heavy atom. The van der Waals surface area contributed by atoms with Crippen LogP contribution in [-0.2, 0) is 4.79 Å². The van der Waals surface area contributed by atoms with Gasteiger partial charge in [-0.1, -0.05) is 31.5 Å². The number of amides is 1. The number of carbonyl (C=O) groups excluding carboxylic acids is 1. The minimum atomic E-state index is -0.468. The summed E-state index contributed by atoms with van der Waals surface area (Å²) in [4.78, 5) is 14.8. The van der Waals surface area contributed by atoms with Crippen LogP contribution in [0.4, 0.5) is 0 Å². The minimum Gasteiger partial charge on any atom is -0.481 e. The second kappa shape index (κ2) is 9.67. The molecule has 1 amide bonds. The Bertz CT molecular complexity index is 518. The molecule has 1 aromatic rings.